The average molecular weight is 272 g/mol. The van der Waals surface area contributed by atoms with E-state index in [1.807, 2.05) is 18.2 Å². The minimum Gasteiger partial charge on any atom is -0.348 e. The van der Waals surface area contributed by atoms with Crippen molar-refractivity contribution < 1.29 is 4.79 Å². The van der Waals surface area contributed by atoms with Gasteiger partial charge in [-0.1, -0.05) is 0 Å². The largest absolute Gasteiger partial charge is 0.348 e. The molecule has 0 unspecified atom stereocenters. The Kier molecular flexibility index (Phi) is 2.60. The van der Waals surface area contributed by atoms with Crippen LogP contribution in [0.15, 0.2) is 29.6 Å². The topological polar surface area (TPSA) is 41.1 Å². The molecule has 0 spiro atoms. The first kappa shape index (κ1) is 11.4. The van der Waals surface area contributed by atoms with Gasteiger partial charge in [-0.2, -0.15) is 0 Å². The van der Waals surface area contributed by atoms with Gasteiger partial charge in [0.05, 0.1) is 0 Å². The number of rotatable bonds is 2. The molecule has 2 fully saturated rings. The Labute approximate surface area is 116 Å². The summed E-state index contributed by atoms with van der Waals surface area (Å²) in [6.07, 6.45) is 3.54. The number of carbonyl (C=O) groups excluding carboxylic acids is 1. The van der Waals surface area contributed by atoms with Crippen LogP contribution in [0.3, 0.4) is 0 Å². The zero-order chi connectivity index (χ0) is 12.8. The summed E-state index contributed by atoms with van der Waals surface area (Å²) < 4.78 is 1.23. The Hall–Kier alpha value is -1.39. The van der Waals surface area contributed by atoms with Gasteiger partial charge in [0.1, 0.15) is 0 Å². The minimum atomic E-state index is 0.0625. The Morgan fingerprint density at radius 2 is 2.26 bits per heavy atom. The van der Waals surface area contributed by atoms with Crippen molar-refractivity contribution in [3.8, 4) is 0 Å². The summed E-state index contributed by atoms with van der Waals surface area (Å²) in [5, 5.41) is 9.95. The molecule has 0 radical (unpaired) electrons. The Morgan fingerprint density at radius 3 is 3.05 bits per heavy atom. The van der Waals surface area contributed by atoms with Crippen molar-refractivity contribution in [2.75, 3.05) is 0 Å². The molecular weight excluding hydrogens is 256 g/mol. The molecule has 1 amide bonds. The fourth-order valence-corrected chi connectivity index (χ4v) is 4.11. The lowest BCUT2D eigenvalue weighted by Crippen LogP contribution is -2.42. The standard InChI is InChI=1S/C15H16N2OS/c18-15(17-13-8-11-2-3-12(13)16-11)10-1-4-14-9(7-10)5-6-19-14/h1,4-7,11-13,16H,2-3,8H2,(H,17,18)/t11-,12+,13-/m1/s1. The van der Waals surface area contributed by atoms with Crippen LogP contribution < -0.4 is 10.6 Å². The van der Waals surface area contributed by atoms with Crippen LogP contribution in [0.5, 0.6) is 0 Å². The van der Waals surface area contributed by atoms with Crippen molar-refractivity contribution in [1.29, 1.82) is 0 Å². The highest BCUT2D eigenvalue weighted by Gasteiger charge is 2.39. The summed E-state index contributed by atoms with van der Waals surface area (Å²) in [5.41, 5.74) is 0.772. The van der Waals surface area contributed by atoms with E-state index in [1.165, 1.54) is 17.5 Å². The highest BCUT2D eigenvalue weighted by Crippen LogP contribution is 2.28. The molecular formula is C15H16N2OS. The van der Waals surface area contributed by atoms with Gasteiger partial charge in [-0.3, -0.25) is 4.79 Å². The van der Waals surface area contributed by atoms with E-state index < -0.39 is 0 Å². The van der Waals surface area contributed by atoms with Gasteiger partial charge in [0.2, 0.25) is 0 Å². The first-order valence-corrected chi connectivity index (χ1v) is 7.72. The van der Waals surface area contributed by atoms with E-state index in [0.29, 0.717) is 18.1 Å². The van der Waals surface area contributed by atoms with E-state index in [9.17, 15) is 4.79 Å². The van der Waals surface area contributed by atoms with E-state index in [0.717, 1.165) is 17.4 Å². The maximum absolute atomic E-state index is 12.3. The van der Waals surface area contributed by atoms with Gasteiger partial charge in [-0.25, -0.2) is 0 Å². The lowest BCUT2D eigenvalue weighted by atomic mass is 9.95. The van der Waals surface area contributed by atoms with E-state index in [4.69, 9.17) is 0 Å². The van der Waals surface area contributed by atoms with Crippen LogP contribution in [-0.2, 0) is 0 Å². The maximum Gasteiger partial charge on any atom is 0.251 e. The second-order valence-corrected chi connectivity index (χ2v) is 6.48. The third-order valence-electron chi connectivity index (χ3n) is 4.33. The molecule has 4 rings (SSSR count). The van der Waals surface area contributed by atoms with Gasteiger partial charge >= 0.3 is 0 Å². The van der Waals surface area contributed by atoms with Crippen LogP contribution in [0, 0.1) is 0 Å². The highest BCUT2D eigenvalue weighted by atomic mass is 32.1. The van der Waals surface area contributed by atoms with Gasteiger partial charge in [0, 0.05) is 28.4 Å². The molecule has 0 aliphatic carbocycles. The van der Waals surface area contributed by atoms with E-state index in [1.54, 1.807) is 11.3 Å². The second kappa shape index (κ2) is 4.32. The van der Waals surface area contributed by atoms with Crippen LogP contribution in [0.4, 0.5) is 0 Å². The molecule has 2 aliphatic heterocycles. The van der Waals surface area contributed by atoms with Crippen molar-refractivity contribution in [1.82, 2.24) is 10.6 Å². The first-order valence-electron chi connectivity index (χ1n) is 6.84. The molecule has 2 bridgehead atoms. The molecule has 3 heterocycles. The molecule has 98 valence electrons. The molecule has 3 atom stereocenters. The second-order valence-electron chi connectivity index (χ2n) is 5.54. The van der Waals surface area contributed by atoms with E-state index in [2.05, 4.69) is 22.1 Å². The number of nitrogens with one attached hydrogen (secondary N) is 2. The molecule has 19 heavy (non-hydrogen) atoms. The quantitative estimate of drug-likeness (QED) is 0.882. The number of benzene rings is 1. The summed E-state index contributed by atoms with van der Waals surface area (Å²) in [6.45, 7) is 0. The van der Waals surface area contributed by atoms with E-state index >= 15 is 0 Å². The molecule has 4 heteroatoms. The molecule has 1 aromatic carbocycles. The summed E-state index contributed by atoms with van der Waals surface area (Å²) in [4.78, 5) is 12.3. The number of thiophene rings is 1. The number of hydrogen-bond acceptors (Lipinski definition) is 3. The molecule has 2 N–H and O–H groups in total. The number of hydrogen-bond donors (Lipinski definition) is 2. The van der Waals surface area contributed by atoms with E-state index in [-0.39, 0.29) is 5.91 Å². The Balaban J connectivity index is 1.53. The SMILES string of the molecule is O=C(N[C@@H]1C[C@H]2CC[C@@H]1N2)c1ccc2sccc2c1. The highest BCUT2D eigenvalue weighted by molar-refractivity contribution is 7.17. The van der Waals surface area contributed by atoms with Crippen LogP contribution in [0.2, 0.25) is 0 Å². The predicted octanol–water partition coefficient (Wildman–Crippen LogP) is 2.52. The van der Waals surface area contributed by atoms with Gasteiger partial charge in [0.25, 0.3) is 5.91 Å². The van der Waals surface area contributed by atoms with Crippen molar-refractivity contribution in [2.24, 2.45) is 0 Å². The van der Waals surface area contributed by atoms with Crippen molar-refractivity contribution >= 4 is 27.3 Å². The van der Waals surface area contributed by atoms with Crippen molar-refractivity contribution in [3.63, 3.8) is 0 Å². The molecule has 2 aliphatic rings. The third kappa shape index (κ3) is 1.95. The predicted molar refractivity (Wildman–Crippen MR) is 77.6 cm³/mol. The third-order valence-corrected chi connectivity index (χ3v) is 5.23. The molecule has 3 nitrogen and oxygen atoms in total. The fraction of sp³-hybridized carbons (Fsp3) is 0.400. The lowest BCUT2D eigenvalue weighted by molar-refractivity contribution is 0.0931. The smallest absolute Gasteiger partial charge is 0.251 e. The van der Waals surface area contributed by atoms with Crippen molar-refractivity contribution in [2.45, 2.75) is 37.4 Å². The van der Waals surface area contributed by atoms with Gasteiger partial charge in [-0.15, -0.1) is 11.3 Å². The zero-order valence-corrected chi connectivity index (χ0v) is 11.4. The van der Waals surface area contributed by atoms with Crippen LogP contribution >= 0.6 is 11.3 Å². The molecule has 0 saturated carbocycles. The number of fused-ring (bicyclic) bond motifs is 3. The zero-order valence-electron chi connectivity index (χ0n) is 10.6. The fourth-order valence-electron chi connectivity index (χ4n) is 3.34. The van der Waals surface area contributed by atoms with Gasteiger partial charge < -0.3 is 10.6 Å². The average Bonchev–Trinajstić information content (AvgIpc) is 3.13. The summed E-state index contributed by atoms with van der Waals surface area (Å²) >= 11 is 1.71. The van der Waals surface area contributed by atoms with Gasteiger partial charge in [0.15, 0.2) is 0 Å². The monoisotopic (exact) mass is 272 g/mol. The number of carbonyl (C=O) groups is 1. The number of amides is 1. The maximum atomic E-state index is 12.3. The summed E-state index contributed by atoms with van der Waals surface area (Å²) in [7, 11) is 0. The molecule has 1 aromatic heterocycles. The summed E-state index contributed by atoms with van der Waals surface area (Å²) in [5.74, 6) is 0.0625. The van der Waals surface area contributed by atoms with Crippen molar-refractivity contribution in [3.05, 3.63) is 35.2 Å². The lowest BCUT2D eigenvalue weighted by Gasteiger charge is -2.21. The Bertz CT molecular complexity index is 636. The Morgan fingerprint density at radius 1 is 1.32 bits per heavy atom. The van der Waals surface area contributed by atoms with Crippen LogP contribution in [0.25, 0.3) is 10.1 Å². The van der Waals surface area contributed by atoms with Crippen LogP contribution in [0.1, 0.15) is 29.6 Å². The minimum absolute atomic E-state index is 0.0625. The normalized spacial score (nSPS) is 28.9. The molecule has 2 saturated heterocycles. The summed E-state index contributed by atoms with van der Waals surface area (Å²) in [6, 6.07) is 9.43. The molecule has 2 aromatic rings. The van der Waals surface area contributed by atoms with Gasteiger partial charge in [-0.05, 0) is 54.3 Å². The first-order chi connectivity index (χ1) is 9.29. The van der Waals surface area contributed by atoms with Crippen LogP contribution in [-0.4, -0.2) is 24.0 Å².